The summed E-state index contributed by atoms with van der Waals surface area (Å²) in [7, 11) is 0. The van der Waals surface area contributed by atoms with Gasteiger partial charge in [0, 0.05) is 23.3 Å². The second-order valence-electron chi connectivity index (χ2n) is 7.10. The van der Waals surface area contributed by atoms with E-state index >= 15 is 0 Å². The summed E-state index contributed by atoms with van der Waals surface area (Å²) >= 11 is 0. The lowest BCUT2D eigenvalue weighted by Crippen LogP contribution is -2.09. The Kier molecular flexibility index (Phi) is 6.23. The van der Waals surface area contributed by atoms with Crippen LogP contribution in [-0.4, -0.2) is 33.1 Å². The van der Waals surface area contributed by atoms with Crippen molar-refractivity contribution in [3.05, 3.63) is 71.3 Å². The average molecular weight is 443 g/mol. The van der Waals surface area contributed by atoms with Gasteiger partial charge in [-0.2, -0.15) is 0 Å². The van der Waals surface area contributed by atoms with Crippen LogP contribution in [0, 0.1) is 30.3 Å². The summed E-state index contributed by atoms with van der Waals surface area (Å²) in [6.45, 7) is 2.11. The first-order valence-corrected chi connectivity index (χ1v) is 9.68. The predicted octanol–water partition coefficient (Wildman–Crippen LogP) is 4.36. The molecule has 32 heavy (non-hydrogen) atoms. The Morgan fingerprint density at radius 3 is 2.00 bits per heavy atom. The molecule has 2 aromatic carbocycles. The molecule has 0 fully saturated rings. The summed E-state index contributed by atoms with van der Waals surface area (Å²) < 4.78 is 5.12. The van der Waals surface area contributed by atoms with Crippen molar-refractivity contribution in [2.24, 2.45) is 0 Å². The smallest absolute Gasteiger partial charge is 0.338 e. The summed E-state index contributed by atoms with van der Waals surface area (Å²) in [5, 5.41) is 34.4. The highest BCUT2D eigenvalue weighted by atomic mass is 16.6. The molecule has 0 saturated carbocycles. The number of unbranched alkanes of at least 4 members (excludes halogenated alkanes) is 3. The van der Waals surface area contributed by atoms with Crippen LogP contribution in [-0.2, 0) is 4.74 Å². The Bertz CT molecular complexity index is 1170. The zero-order valence-corrected chi connectivity index (χ0v) is 16.9. The summed E-state index contributed by atoms with van der Waals surface area (Å²) in [5.74, 6) is -1.76. The highest BCUT2D eigenvalue weighted by Crippen LogP contribution is 2.48. The minimum absolute atomic E-state index is 0.0928. The Balaban J connectivity index is 2.11. The maximum Gasteiger partial charge on any atom is 0.338 e. The van der Waals surface area contributed by atoms with E-state index in [9.17, 15) is 39.9 Å². The third-order valence-electron chi connectivity index (χ3n) is 5.03. The van der Waals surface area contributed by atoms with Crippen molar-refractivity contribution in [1.29, 1.82) is 0 Å². The molecule has 1 aliphatic carbocycles. The van der Waals surface area contributed by atoms with E-state index in [0.29, 0.717) is 12.5 Å². The van der Waals surface area contributed by atoms with Crippen LogP contribution < -0.4 is 0 Å². The fraction of sp³-hybridized carbons (Fsp3) is 0.300. The van der Waals surface area contributed by atoms with Crippen molar-refractivity contribution in [3.8, 4) is 11.1 Å². The van der Waals surface area contributed by atoms with Crippen LogP contribution in [0.2, 0.25) is 0 Å². The highest BCUT2D eigenvalue weighted by molar-refractivity contribution is 6.25. The molecule has 12 nitrogen and oxygen atoms in total. The summed E-state index contributed by atoms with van der Waals surface area (Å²) in [5.41, 5.74) is -3.94. The lowest BCUT2D eigenvalue weighted by Gasteiger charge is -2.07. The molecule has 0 heterocycles. The van der Waals surface area contributed by atoms with Gasteiger partial charge in [0.1, 0.15) is 0 Å². The quantitative estimate of drug-likeness (QED) is 0.201. The number of carbonyl (C=O) groups is 2. The normalized spacial score (nSPS) is 11.6. The van der Waals surface area contributed by atoms with Crippen LogP contribution in [0.3, 0.4) is 0 Å². The van der Waals surface area contributed by atoms with Crippen molar-refractivity contribution >= 4 is 28.8 Å². The van der Waals surface area contributed by atoms with Crippen molar-refractivity contribution in [2.45, 2.75) is 32.6 Å². The van der Waals surface area contributed by atoms with E-state index < -0.39 is 49.1 Å². The number of nitrogens with zero attached hydrogens (tertiary/aromatic N) is 3. The van der Waals surface area contributed by atoms with Gasteiger partial charge in [-0.15, -0.1) is 0 Å². The molecule has 0 atom stereocenters. The molecular formula is C20H17N3O9. The van der Waals surface area contributed by atoms with Gasteiger partial charge in [0.05, 0.1) is 44.1 Å². The number of rotatable bonds is 9. The molecule has 12 heteroatoms. The van der Waals surface area contributed by atoms with Crippen molar-refractivity contribution in [2.75, 3.05) is 6.61 Å². The highest BCUT2D eigenvalue weighted by Gasteiger charge is 2.41. The second kappa shape index (κ2) is 8.88. The van der Waals surface area contributed by atoms with E-state index in [2.05, 4.69) is 0 Å². The molecule has 0 aromatic heterocycles. The number of hydrogen-bond donors (Lipinski definition) is 0. The fourth-order valence-electron chi connectivity index (χ4n) is 3.56. The Morgan fingerprint density at radius 1 is 0.844 bits per heavy atom. The van der Waals surface area contributed by atoms with Gasteiger partial charge in [-0.1, -0.05) is 26.2 Å². The van der Waals surface area contributed by atoms with E-state index in [1.165, 1.54) is 0 Å². The maximum atomic E-state index is 12.9. The van der Waals surface area contributed by atoms with Crippen LogP contribution in [0.1, 0.15) is 58.9 Å². The number of non-ortho nitro benzene ring substituents is 1. The van der Waals surface area contributed by atoms with Gasteiger partial charge in [-0.05, 0) is 12.5 Å². The topological polar surface area (TPSA) is 173 Å². The molecule has 0 N–H and O–H groups in total. The number of benzene rings is 2. The molecule has 2 aromatic rings. The number of nitro groups is 3. The van der Waals surface area contributed by atoms with E-state index in [1.807, 2.05) is 6.92 Å². The Labute approximate surface area is 180 Å². The van der Waals surface area contributed by atoms with Gasteiger partial charge in [0.25, 0.3) is 17.1 Å². The molecule has 0 aliphatic heterocycles. The summed E-state index contributed by atoms with van der Waals surface area (Å²) in [6.07, 6.45) is 3.38. The van der Waals surface area contributed by atoms with E-state index in [-0.39, 0.29) is 28.9 Å². The first-order valence-electron chi connectivity index (χ1n) is 9.68. The third kappa shape index (κ3) is 4.02. The molecule has 0 bridgehead atoms. The van der Waals surface area contributed by atoms with Crippen LogP contribution in [0.25, 0.3) is 11.1 Å². The molecule has 3 rings (SSSR count). The van der Waals surface area contributed by atoms with Gasteiger partial charge >= 0.3 is 5.97 Å². The van der Waals surface area contributed by atoms with Gasteiger partial charge in [-0.25, -0.2) is 4.79 Å². The van der Waals surface area contributed by atoms with E-state index in [0.717, 1.165) is 37.5 Å². The van der Waals surface area contributed by atoms with Crippen molar-refractivity contribution in [1.82, 2.24) is 0 Å². The molecule has 0 spiro atoms. The Morgan fingerprint density at radius 2 is 1.44 bits per heavy atom. The van der Waals surface area contributed by atoms with Crippen LogP contribution in [0.5, 0.6) is 0 Å². The number of fused-ring (bicyclic) bond motifs is 3. The van der Waals surface area contributed by atoms with Crippen LogP contribution in [0.15, 0.2) is 24.3 Å². The van der Waals surface area contributed by atoms with Gasteiger partial charge in [0.2, 0.25) is 0 Å². The van der Waals surface area contributed by atoms with Crippen LogP contribution >= 0.6 is 0 Å². The SMILES string of the molecule is CCCCCCOC(=O)c1cc2c(c([N+](=O)[O-])c1)-c1c(cc([N+](=O)[O-])cc1[N+](=O)[O-])C2=O. The van der Waals surface area contributed by atoms with Gasteiger partial charge < -0.3 is 4.74 Å². The fourth-order valence-corrected chi connectivity index (χ4v) is 3.56. The number of ketones is 1. The van der Waals surface area contributed by atoms with Gasteiger partial charge in [0.15, 0.2) is 5.78 Å². The van der Waals surface area contributed by atoms with E-state index in [1.54, 1.807) is 0 Å². The largest absolute Gasteiger partial charge is 0.462 e. The molecule has 0 amide bonds. The average Bonchev–Trinajstić information content (AvgIpc) is 3.04. The minimum atomic E-state index is -0.948. The first-order chi connectivity index (χ1) is 15.2. The third-order valence-corrected chi connectivity index (χ3v) is 5.03. The zero-order chi connectivity index (χ0) is 23.6. The summed E-state index contributed by atoms with van der Waals surface area (Å²) in [6, 6.07) is 3.43. The number of ether oxygens (including phenoxy) is 1. The monoisotopic (exact) mass is 443 g/mol. The molecule has 0 saturated heterocycles. The molecule has 0 radical (unpaired) electrons. The predicted molar refractivity (Wildman–Crippen MR) is 110 cm³/mol. The molecule has 166 valence electrons. The minimum Gasteiger partial charge on any atom is -0.462 e. The number of esters is 1. The molecular weight excluding hydrogens is 426 g/mol. The summed E-state index contributed by atoms with van der Waals surface area (Å²) in [4.78, 5) is 56.9. The number of carbonyl (C=O) groups excluding carboxylic acids is 2. The number of hydrogen-bond acceptors (Lipinski definition) is 9. The van der Waals surface area contributed by atoms with E-state index in [4.69, 9.17) is 4.74 Å². The van der Waals surface area contributed by atoms with Crippen molar-refractivity contribution < 1.29 is 29.1 Å². The maximum absolute atomic E-state index is 12.9. The van der Waals surface area contributed by atoms with Crippen molar-refractivity contribution in [3.63, 3.8) is 0 Å². The molecule has 0 unspecified atom stereocenters. The lowest BCUT2D eigenvalue weighted by molar-refractivity contribution is -0.394. The number of nitro benzene ring substituents is 3. The zero-order valence-electron chi connectivity index (χ0n) is 16.9. The standard InChI is InChI=1S/C20H17N3O9/c1-2-3-4-5-6-32-20(25)11-7-13-17(15(8-11)22(28)29)18-14(19(13)24)9-12(21(26)27)10-16(18)23(30)31/h7-10H,2-6H2,1H3. The molecule has 1 aliphatic rings. The van der Waals surface area contributed by atoms with Crippen LogP contribution in [0.4, 0.5) is 17.1 Å². The first kappa shape index (κ1) is 22.5. The lowest BCUT2D eigenvalue weighted by atomic mass is 9.99. The second-order valence-corrected chi connectivity index (χ2v) is 7.10. The Hall–Kier alpha value is -4.22. The van der Waals surface area contributed by atoms with Gasteiger partial charge in [-0.3, -0.25) is 35.1 Å².